The molecule has 2 N–H and O–H groups in total. The molecular weight excluding hydrogens is 344 g/mol. The normalized spacial score (nSPS) is 17.4. The van der Waals surface area contributed by atoms with Gasteiger partial charge in [0.25, 0.3) is 5.69 Å². The summed E-state index contributed by atoms with van der Waals surface area (Å²) < 4.78 is 27.0. The molecule has 1 heterocycles. The van der Waals surface area contributed by atoms with Crippen LogP contribution in [-0.4, -0.2) is 56.4 Å². The van der Waals surface area contributed by atoms with Crippen LogP contribution >= 0.6 is 0 Å². The van der Waals surface area contributed by atoms with E-state index < -0.39 is 14.9 Å². The number of likely N-dealkylation sites (N-methyl/N-ethyl adjacent to an activating group) is 1. The monoisotopic (exact) mass is 371 g/mol. The third-order valence-electron chi connectivity index (χ3n) is 4.74. The summed E-state index contributed by atoms with van der Waals surface area (Å²) in [6, 6.07) is 4.10. The maximum atomic E-state index is 12.8. The molecular formula is C16H27N4O4S+. The van der Waals surface area contributed by atoms with E-state index >= 15 is 0 Å². The van der Waals surface area contributed by atoms with Crippen LogP contribution in [0.1, 0.15) is 27.2 Å². The first-order valence-electron chi connectivity index (χ1n) is 8.45. The molecule has 0 amide bonds. The van der Waals surface area contributed by atoms with Gasteiger partial charge in [0.15, 0.2) is 0 Å². The third-order valence-corrected chi connectivity index (χ3v) is 6.63. The zero-order valence-corrected chi connectivity index (χ0v) is 16.0. The second-order valence-corrected chi connectivity index (χ2v) is 9.10. The van der Waals surface area contributed by atoms with Gasteiger partial charge in [0.1, 0.15) is 5.69 Å². The minimum absolute atomic E-state index is 0.0291. The first-order valence-corrected chi connectivity index (χ1v) is 9.89. The first-order chi connectivity index (χ1) is 11.6. The highest BCUT2D eigenvalue weighted by atomic mass is 32.2. The lowest BCUT2D eigenvalue weighted by Gasteiger charge is -2.29. The smallest absolute Gasteiger partial charge is 0.293 e. The van der Waals surface area contributed by atoms with E-state index in [0.717, 1.165) is 25.6 Å². The first kappa shape index (κ1) is 19.6. The minimum Gasteiger partial charge on any atom is -0.375 e. The molecule has 2 rings (SSSR count). The Morgan fingerprint density at radius 3 is 2.44 bits per heavy atom. The zero-order chi connectivity index (χ0) is 18.8. The van der Waals surface area contributed by atoms with E-state index in [4.69, 9.17) is 0 Å². The number of hydrogen-bond donors (Lipinski definition) is 2. The molecule has 1 aromatic rings. The van der Waals surface area contributed by atoms with Gasteiger partial charge in [-0.25, -0.2) is 8.42 Å². The summed E-state index contributed by atoms with van der Waals surface area (Å²) in [7, 11) is -1.70. The average molecular weight is 371 g/mol. The summed E-state index contributed by atoms with van der Waals surface area (Å²) in [5, 5.41) is 14.6. The highest BCUT2D eigenvalue weighted by molar-refractivity contribution is 7.89. The second-order valence-electron chi connectivity index (χ2n) is 7.16. The van der Waals surface area contributed by atoms with Gasteiger partial charge in [-0.15, -0.1) is 0 Å². The van der Waals surface area contributed by atoms with E-state index in [1.54, 1.807) is 0 Å². The Hall–Kier alpha value is -1.71. The maximum Gasteiger partial charge on any atom is 0.293 e. The van der Waals surface area contributed by atoms with E-state index in [1.807, 2.05) is 27.8 Å². The van der Waals surface area contributed by atoms with Crippen LogP contribution in [0.15, 0.2) is 23.1 Å². The lowest BCUT2D eigenvalue weighted by atomic mass is 10.0. The molecule has 8 nitrogen and oxygen atoms in total. The summed E-state index contributed by atoms with van der Waals surface area (Å²) in [6.45, 7) is 8.15. The van der Waals surface area contributed by atoms with Gasteiger partial charge in [-0.2, -0.15) is 4.31 Å². The van der Waals surface area contributed by atoms with Gasteiger partial charge < -0.3 is 10.2 Å². The van der Waals surface area contributed by atoms with Crippen LogP contribution < -0.4 is 10.2 Å². The molecule has 1 saturated heterocycles. The molecule has 0 unspecified atom stereocenters. The molecule has 1 aromatic carbocycles. The van der Waals surface area contributed by atoms with Crippen molar-refractivity contribution < 1.29 is 18.2 Å². The Morgan fingerprint density at radius 1 is 1.32 bits per heavy atom. The molecule has 0 radical (unpaired) electrons. The number of rotatable bonds is 6. The predicted molar refractivity (Wildman–Crippen MR) is 96.5 cm³/mol. The molecule has 25 heavy (non-hydrogen) atoms. The Kier molecular flexibility index (Phi) is 5.70. The molecule has 1 fully saturated rings. The van der Waals surface area contributed by atoms with Crippen LogP contribution in [0.2, 0.25) is 0 Å². The number of nitrogens with zero attached hydrogens (tertiary/aromatic N) is 2. The van der Waals surface area contributed by atoms with E-state index in [1.165, 1.54) is 21.3 Å². The van der Waals surface area contributed by atoms with Gasteiger partial charge >= 0.3 is 0 Å². The number of benzene rings is 1. The fourth-order valence-corrected chi connectivity index (χ4v) is 4.10. The van der Waals surface area contributed by atoms with Crippen molar-refractivity contribution in [1.29, 1.82) is 0 Å². The molecule has 140 valence electrons. The standard InChI is InChI=1S/C16H26N4O4S/c1-5-16(2,3)17-14-7-6-13(12-15(14)20(21)22)25(23,24)19-10-8-18(4)9-11-19/h6-7,12,17H,5,8-11H2,1-4H3/p+1. The van der Waals surface area contributed by atoms with Crippen molar-refractivity contribution in [3.8, 4) is 0 Å². The van der Waals surface area contributed by atoms with Crippen LogP contribution in [0.4, 0.5) is 11.4 Å². The Morgan fingerprint density at radius 2 is 1.92 bits per heavy atom. The van der Waals surface area contributed by atoms with Crippen LogP contribution in [0, 0.1) is 10.1 Å². The number of nitro groups is 1. The largest absolute Gasteiger partial charge is 0.375 e. The van der Waals surface area contributed by atoms with Gasteiger partial charge in [-0.3, -0.25) is 10.1 Å². The molecule has 0 aromatic heterocycles. The lowest BCUT2D eigenvalue weighted by molar-refractivity contribution is -0.883. The van der Waals surface area contributed by atoms with Gasteiger partial charge in [0.2, 0.25) is 10.0 Å². The molecule has 9 heteroatoms. The predicted octanol–water partition coefficient (Wildman–Crippen LogP) is 0.714. The van der Waals surface area contributed by atoms with Crippen molar-refractivity contribution in [2.75, 3.05) is 38.5 Å². The maximum absolute atomic E-state index is 12.8. The van der Waals surface area contributed by atoms with Gasteiger partial charge in [-0.1, -0.05) is 6.92 Å². The number of anilines is 1. The van der Waals surface area contributed by atoms with Crippen LogP contribution in [0.3, 0.4) is 0 Å². The van der Waals surface area contributed by atoms with E-state index in [9.17, 15) is 18.5 Å². The SMILES string of the molecule is CCC(C)(C)Nc1ccc(S(=O)(=O)N2CC[NH+](C)CC2)cc1[N+](=O)[O-]. The van der Waals surface area contributed by atoms with Crippen molar-refractivity contribution >= 4 is 21.4 Å². The molecule has 1 aliphatic heterocycles. The fraction of sp³-hybridized carbons (Fsp3) is 0.625. The van der Waals surface area contributed by atoms with Gasteiger partial charge in [-0.05, 0) is 32.4 Å². The van der Waals surface area contributed by atoms with Crippen molar-refractivity contribution in [3.05, 3.63) is 28.3 Å². The lowest BCUT2D eigenvalue weighted by Crippen LogP contribution is -3.12. The van der Waals surface area contributed by atoms with Crippen molar-refractivity contribution in [2.24, 2.45) is 0 Å². The number of hydrogen-bond acceptors (Lipinski definition) is 5. The Bertz CT molecular complexity index is 741. The molecule has 0 aliphatic carbocycles. The van der Waals surface area contributed by atoms with Gasteiger partial charge in [0.05, 0.1) is 43.0 Å². The van der Waals surface area contributed by atoms with Crippen LogP contribution in [-0.2, 0) is 10.0 Å². The molecule has 0 spiro atoms. The van der Waals surface area contributed by atoms with E-state index in [-0.39, 0.29) is 16.1 Å². The molecule has 1 aliphatic rings. The number of piperazine rings is 1. The summed E-state index contributed by atoms with van der Waals surface area (Å²) in [4.78, 5) is 12.2. The van der Waals surface area contributed by atoms with Crippen molar-refractivity contribution in [2.45, 2.75) is 37.6 Å². The summed E-state index contributed by atoms with van der Waals surface area (Å²) in [5.41, 5.74) is -0.216. The molecule has 0 bridgehead atoms. The third kappa shape index (κ3) is 4.47. The Labute approximate surface area is 149 Å². The topological polar surface area (TPSA) is 97.0 Å². The van der Waals surface area contributed by atoms with Crippen molar-refractivity contribution in [3.63, 3.8) is 0 Å². The van der Waals surface area contributed by atoms with E-state index in [2.05, 4.69) is 5.32 Å². The second kappa shape index (κ2) is 7.27. The van der Waals surface area contributed by atoms with Crippen molar-refractivity contribution in [1.82, 2.24) is 4.31 Å². The number of sulfonamides is 1. The fourth-order valence-electron chi connectivity index (χ4n) is 2.64. The van der Waals surface area contributed by atoms with E-state index in [0.29, 0.717) is 18.8 Å². The zero-order valence-electron chi connectivity index (χ0n) is 15.2. The highest BCUT2D eigenvalue weighted by Crippen LogP contribution is 2.31. The van der Waals surface area contributed by atoms with Crippen LogP contribution in [0.5, 0.6) is 0 Å². The quantitative estimate of drug-likeness (QED) is 0.567. The van der Waals surface area contributed by atoms with Crippen LogP contribution in [0.25, 0.3) is 0 Å². The summed E-state index contributed by atoms with van der Waals surface area (Å²) >= 11 is 0. The summed E-state index contributed by atoms with van der Waals surface area (Å²) in [6.07, 6.45) is 0.772. The summed E-state index contributed by atoms with van der Waals surface area (Å²) in [5.74, 6) is 0. The van der Waals surface area contributed by atoms with Gasteiger partial charge in [0, 0.05) is 11.6 Å². The average Bonchev–Trinajstić information content (AvgIpc) is 2.55. The minimum atomic E-state index is -3.72. The highest BCUT2D eigenvalue weighted by Gasteiger charge is 2.31. The number of nitrogens with one attached hydrogen (secondary N) is 2. The Balaban J connectivity index is 2.36. The number of nitro benzene ring substituents is 1. The molecule has 0 atom stereocenters. The molecule has 0 saturated carbocycles. The number of quaternary nitrogens is 1.